The minimum atomic E-state index is -0.596. The molecule has 0 saturated carbocycles. The average Bonchev–Trinajstić information content (AvgIpc) is 2.55. The zero-order valence-electron chi connectivity index (χ0n) is 16.1. The van der Waals surface area contributed by atoms with Crippen molar-refractivity contribution in [2.24, 2.45) is 11.7 Å². The fourth-order valence-corrected chi connectivity index (χ4v) is 2.80. The molecule has 2 rings (SSSR count). The number of hydrogen-bond acceptors (Lipinski definition) is 5. The van der Waals surface area contributed by atoms with E-state index in [4.69, 9.17) is 22.1 Å². The highest BCUT2D eigenvalue weighted by atomic mass is 35.5. The summed E-state index contributed by atoms with van der Waals surface area (Å²) in [7, 11) is 0. The van der Waals surface area contributed by atoms with Gasteiger partial charge in [0.05, 0.1) is 6.33 Å². The third kappa shape index (κ3) is 6.48. The summed E-state index contributed by atoms with van der Waals surface area (Å²) in [4.78, 5) is 28.4. The molecule has 0 unspecified atom stereocenters. The molecule has 0 bridgehead atoms. The minimum absolute atomic E-state index is 0.0692. The van der Waals surface area contributed by atoms with E-state index in [9.17, 15) is 9.59 Å². The topological polar surface area (TPSA) is 87.2 Å². The van der Waals surface area contributed by atoms with Crippen LogP contribution in [0.15, 0.2) is 41.5 Å². The zero-order valence-corrected chi connectivity index (χ0v) is 16.9. The van der Waals surface area contributed by atoms with Crippen molar-refractivity contribution in [1.82, 2.24) is 9.55 Å². The molecule has 2 aromatic rings. The second-order valence-electron chi connectivity index (χ2n) is 7.69. The maximum atomic E-state index is 12.3. The van der Waals surface area contributed by atoms with Crippen LogP contribution in [-0.4, -0.2) is 21.1 Å². The van der Waals surface area contributed by atoms with Crippen LogP contribution in [0.3, 0.4) is 0 Å². The summed E-state index contributed by atoms with van der Waals surface area (Å²) in [5.74, 6) is -0.405. The lowest BCUT2D eigenvalue weighted by Gasteiger charge is -2.21. The van der Waals surface area contributed by atoms with E-state index in [0.29, 0.717) is 17.1 Å². The van der Waals surface area contributed by atoms with E-state index in [1.165, 1.54) is 17.0 Å². The van der Waals surface area contributed by atoms with Crippen molar-refractivity contribution in [3.8, 4) is 0 Å². The molecular formula is C20H26ClN3O3. The van der Waals surface area contributed by atoms with Crippen LogP contribution in [-0.2, 0) is 22.5 Å². The fourth-order valence-electron chi connectivity index (χ4n) is 2.68. The number of carbonyl (C=O) groups excluding carboxylic acids is 1. The summed E-state index contributed by atoms with van der Waals surface area (Å²) >= 11 is 5.91. The molecule has 0 saturated heterocycles. The molecule has 0 aliphatic rings. The van der Waals surface area contributed by atoms with E-state index in [2.05, 4.69) is 4.98 Å². The first kappa shape index (κ1) is 21.1. The summed E-state index contributed by atoms with van der Waals surface area (Å²) in [6.07, 6.45) is 1.93. The van der Waals surface area contributed by atoms with Gasteiger partial charge in [-0.15, -0.1) is 0 Å². The third-order valence-corrected chi connectivity index (χ3v) is 4.31. The number of benzene rings is 1. The number of nitrogens with two attached hydrogens (primary N) is 1. The van der Waals surface area contributed by atoms with Crippen LogP contribution in [0, 0.1) is 5.92 Å². The Morgan fingerprint density at radius 2 is 1.93 bits per heavy atom. The molecule has 7 heteroatoms. The molecule has 0 aliphatic heterocycles. The third-order valence-electron chi connectivity index (χ3n) is 4.05. The molecule has 0 fully saturated rings. The fraction of sp³-hybridized carbons (Fsp3) is 0.450. The van der Waals surface area contributed by atoms with E-state index in [1.807, 2.05) is 19.1 Å². The second-order valence-corrected chi connectivity index (χ2v) is 8.13. The van der Waals surface area contributed by atoms with Crippen molar-refractivity contribution in [2.45, 2.75) is 52.3 Å². The van der Waals surface area contributed by atoms with Gasteiger partial charge in [0.1, 0.15) is 12.1 Å². The summed E-state index contributed by atoms with van der Waals surface area (Å²) in [5.41, 5.74) is 7.04. The molecule has 2 atom stereocenters. The van der Waals surface area contributed by atoms with E-state index < -0.39 is 11.6 Å². The van der Waals surface area contributed by atoms with Gasteiger partial charge in [0, 0.05) is 22.8 Å². The van der Waals surface area contributed by atoms with Crippen LogP contribution in [0.5, 0.6) is 0 Å². The number of ether oxygens (including phenoxy) is 1. The lowest BCUT2D eigenvalue weighted by Crippen LogP contribution is -2.31. The number of carbonyl (C=O) groups is 1. The standard InChI is InChI=1S/C20H26ClN3O3/c1-13(19(22)14-5-7-15(21)8-6-14)9-16-10-17(25)24(12-23-16)11-18(26)27-20(2,3)4/h5-8,10,12-13,19H,9,11,22H2,1-4H3/t13-,19-/m0/s1. The first-order chi connectivity index (χ1) is 12.5. The number of rotatable bonds is 6. The molecule has 1 aromatic carbocycles. The maximum absolute atomic E-state index is 12.3. The van der Waals surface area contributed by atoms with Crippen molar-refractivity contribution in [1.29, 1.82) is 0 Å². The molecule has 146 valence electrons. The monoisotopic (exact) mass is 391 g/mol. The van der Waals surface area contributed by atoms with Gasteiger partial charge < -0.3 is 10.5 Å². The Morgan fingerprint density at radius 3 is 2.48 bits per heavy atom. The van der Waals surface area contributed by atoms with Crippen molar-refractivity contribution in [3.05, 3.63) is 63.3 Å². The van der Waals surface area contributed by atoms with Crippen molar-refractivity contribution >= 4 is 17.6 Å². The van der Waals surface area contributed by atoms with Gasteiger partial charge in [-0.25, -0.2) is 4.98 Å². The van der Waals surface area contributed by atoms with Gasteiger partial charge in [-0.05, 0) is 50.8 Å². The molecule has 0 spiro atoms. The highest BCUT2D eigenvalue weighted by Gasteiger charge is 2.19. The number of aromatic nitrogens is 2. The Kier molecular flexibility index (Phi) is 6.78. The molecule has 0 amide bonds. The second kappa shape index (κ2) is 8.67. The van der Waals surface area contributed by atoms with Crippen LogP contribution < -0.4 is 11.3 Å². The smallest absolute Gasteiger partial charge is 0.326 e. The first-order valence-electron chi connectivity index (χ1n) is 8.83. The minimum Gasteiger partial charge on any atom is -0.459 e. The molecule has 1 heterocycles. The molecular weight excluding hydrogens is 366 g/mol. The molecule has 0 aliphatic carbocycles. The summed E-state index contributed by atoms with van der Waals surface area (Å²) in [6.45, 7) is 7.18. The van der Waals surface area contributed by atoms with Gasteiger partial charge in [0.15, 0.2) is 0 Å². The Labute approximate surface area is 164 Å². The van der Waals surface area contributed by atoms with Crippen LogP contribution in [0.2, 0.25) is 5.02 Å². The van der Waals surface area contributed by atoms with E-state index >= 15 is 0 Å². The van der Waals surface area contributed by atoms with Crippen molar-refractivity contribution in [2.75, 3.05) is 0 Å². The summed E-state index contributed by atoms with van der Waals surface area (Å²) < 4.78 is 6.47. The Morgan fingerprint density at radius 1 is 1.30 bits per heavy atom. The highest BCUT2D eigenvalue weighted by molar-refractivity contribution is 6.30. The van der Waals surface area contributed by atoms with Gasteiger partial charge in [-0.3, -0.25) is 14.2 Å². The van der Waals surface area contributed by atoms with Gasteiger partial charge in [-0.2, -0.15) is 0 Å². The van der Waals surface area contributed by atoms with Crippen molar-refractivity contribution < 1.29 is 9.53 Å². The number of halogens is 1. The Balaban J connectivity index is 2.03. The number of hydrogen-bond donors (Lipinski definition) is 1. The molecule has 6 nitrogen and oxygen atoms in total. The molecule has 0 radical (unpaired) electrons. The molecule has 1 aromatic heterocycles. The largest absolute Gasteiger partial charge is 0.459 e. The molecule has 2 N–H and O–H groups in total. The SMILES string of the molecule is C[C@@H](Cc1cc(=O)n(CC(=O)OC(C)(C)C)cn1)[C@H](N)c1ccc(Cl)cc1. The van der Waals surface area contributed by atoms with Gasteiger partial charge in [0.25, 0.3) is 5.56 Å². The van der Waals surface area contributed by atoms with E-state index in [0.717, 1.165) is 5.56 Å². The van der Waals surface area contributed by atoms with Gasteiger partial charge in [-0.1, -0.05) is 30.7 Å². The van der Waals surface area contributed by atoms with Crippen LogP contribution in [0.25, 0.3) is 0 Å². The van der Waals surface area contributed by atoms with Crippen LogP contribution in [0.4, 0.5) is 0 Å². The van der Waals surface area contributed by atoms with E-state index in [-0.39, 0.29) is 24.1 Å². The lowest BCUT2D eigenvalue weighted by atomic mass is 9.91. The van der Waals surface area contributed by atoms with Gasteiger partial charge >= 0.3 is 5.97 Å². The number of nitrogens with zero attached hydrogens (tertiary/aromatic N) is 2. The van der Waals surface area contributed by atoms with Gasteiger partial charge in [0.2, 0.25) is 0 Å². The predicted molar refractivity (Wildman–Crippen MR) is 106 cm³/mol. The summed E-state index contributed by atoms with van der Waals surface area (Å²) in [6, 6.07) is 8.65. The van der Waals surface area contributed by atoms with Crippen LogP contribution >= 0.6 is 11.6 Å². The average molecular weight is 392 g/mol. The lowest BCUT2D eigenvalue weighted by molar-refractivity contribution is -0.155. The normalized spacial score (nSPS) is 13.9. The molecule has 27 heavy (non-hydrogen) atoms. The summed E-state index contributed by atoms with van der Waals surface area (Å²) in [5, 5.41) is 0.661. The highest BCUT2D eigenvalue weighted by Crippen LogP contribution is 2.23. The number of esters is 1. The maximum Gasteiger partial charge on any atom is 0.326 e. The van der Waals surface area contributed by atoms with Crippen LogP contribution in [0.1, 0.15) is 45.0 Å². The first-order valence-corrected chi connectivity index (χ1v) is 9.21. The Hall–Kier alpha value is -2.18. The quantitative estimate of drug-likeness (QED) is 0.764. The Bertz CT molecular complexity index is 841. The predicted octanol–water partition coefficient (Wildman–Crippen LogP) is 3.12. The zero-order chi connectivity index (χ0) is 20.2. The van der Waals surface area contributed by atoms with E-state index in [1.54, 1.807) is 32.9 Å². The van der Waals surface area contributed by atoms with Crippen molar-refractivity contribution in [3.63, 3.8) is 0 Å².